The molecule has 86 valence electrons. The monoisotopic (exact) mass is 290 g/mol. The minimum Gasteiger partial charge on any atom is -0.369 e. The van der Waals surface area contributed by atoms with Crippen molar-refractivity contribution in [3.63, 3.8) is 0 Å². The lowest BCUT2D eigenvalue weighted by molar-refractivity contribution is 0.152. The first-order valence-electron chi connectivity index (χ1n) is 4.08. The Morgan fingerprint density at radius 2 is 1.36 bits per heavy atom. The van der Waals surface area contributed by atoms with Gasteiger partial charge in [0.15, 0.2) is 0 Å². The molecule has 0 aliphatic carbocycles. The quantitative estimate of drug-likeness (QED) is 0.713. The lowest BCUT2D eigenvalue weighted by Crippen LogP contribution is -2.55. The molecule has 1 atom stereocenters. The SMILES string of the molecule is CO[Si](OC)(OC)S(=S=S)[Si](C)(C)C. The predicted molar refractivity (Wildman–Crippen MR) is 72.2 cm³/mol. The molecule has 0 N–H and O–H groups in total. The Balaban J connectivity index is 5.29. The summed E-state index contributed by atoms with van der Waals surface area (Å²) in [7, 11) is 2.30. The van der Waals surface area contributed by atoms with E-state index in [1.165, 1.54) is 8.88 Å². The molecule has 8 heteroatoms. The highest BCUT2D eigenvalue weighted by Crippen LogP contribution is 2.21. The summed E-state index contributed by atoms with van der Waals surface area (Å²) in [6.45, 7) is 6.77. The fourth-order valence-electron chi connectivity index (χ4n) is 0.996. The van der Waals surface area contributed by atoms with Crippen molar-refractivity contribution in [2.75, 3.05) is 21.3 Å². The van der Waals surface area contributed by atoms with Gasteiger partial charge >= 0.3 is 7.95 Å². The minimum atomic E-state index is -2.53. The Morgan fingerprint density at radius 1 is 1.00 bits per heavy atom. The van der Waals surface area contributed by atoms with Crippen molar-refractivity contribution in [1.29, 1.82) is 0 Å². The van der Waals surface area contributed by atoms with E-state index in [9.17, 15) is 0 Å². The molecular formula is C6H18O3S3Si2. The summed E-state index contributed by atoms with van der Waals surface area (Å²) >= 11 is 5.13. The summed E-state index contributed by atoms with van der Waals surface area (Å²) in [4.78, 5) is 0. The fourth-order valence-corrected chi connectivity index (χ4v) is 28.6. The normalized spacial score (nSPS) is 15.3. The topological polar surface area (TPSA) is 27.7 Å². The maximum Gasteiger partial charge on any atom is 0.572 e. The van der Waals surface area contributed by atoms with Crippen molar-refractivity contribution in [3.8, 4) is 0 Å². The van der Waals surface area contributed by atoms with Crippen LogP contribution in [0.1, 0.15) is 0 Å². The van der Waals surface area contributed by atoms with E-state index in [1.807, 2.05) is 0 Å². The second kappa shape index (κ2) is 5.99. The fraction of sp³-hybridized carbons (Fsp3) is 1.00. The van der Waals surface area contributed by atoms with Gasteiger partial charge in [0, 0.05) is 21.3 Å². The number of hydrogen-bond donors (Lipinski definition) is 0. The molecule has 0 amide bonds. The van der Waals surface area contributed by atoms with E-state index in [4.69, 9.17) is 24.5 Å². The highest BCUT2D eigenvalue weighted by molar-refractivity contribution is 8.70. The van der Waals surface area contributed by atoms with Crippen LogP contribution in [0.25, 0.3) is 0 Å². The highest BCUT2D eigenvalue weighted by Gasteiger charge is 2.48. The summed E-state index contributed by atoms with van der Waals surface area (Å²) < 4.78 is 16.4. The molecule has 0 heterocycles. The molecular weight excluding hydrogens is 272 g/mol. The van der Waals surface area contributed by atoms with Gasteiger partial charge in [-0.3, -0.25) is 0 Å². The zero-order chi connectivity index (χ0) is 11.4. The van der Waals surface area contributed by atoms with E-state index in [1.54, 1.807) is 21.3 Å². The van der Waals surface area contributed by atoms with Crippen LogP contribution >= 0.6 is 0 Å². The summed E-state index contributed by atoms with van der Waals surface area (Å²) in [5.74, 6) is 0. The lowest BCUT2D eigenvalue weighted by atomic mass is 11.8. The van der Waals surface area contributed by atoms with Crippen LogP contribution in [0.15, 0.2) is 0 Å². The average Bonchev–Trinajstić information content (AvgIpc) is 2.12. The molecule has 0 radical (unpaired) electrons. The van der Waals surface area contributed by atoms with E-state index >= 15 is 0 Å². The second-order valence-corrected chi connectivity index (χ2v) is 23.9. The standard InChI is InChI=1S/C6H18O3S3Si2/c1-7-14(8-2,9-3)12(11-10)13(4,5)6/h1-6H3. The van der Waals surface area contributed by atoms with E-state index in [0.717, 1.165) is 0 Å². The molecule has 0 rings (SSSR count). The van der Waals surface area contributed by atoms with Crippen LogP contribution in [0.4, 0.5) is 0 Å². The van der Waals surface area contributed by atoms with Crippen molar-refractivity contribution in [3.05, 3.63) is 0 Å². The molecule has 0 aromatic heterocycles. The van der Waals surface area contributed by atoms with Crippen LogP contribution in [0.3, 0.4) is 0 Å². The zero-order valence-corrected chi connectivity index (χ0v) is 13.9. The molecule has 0 aliphatic heterocycles. The molecule has 14 heavy (non-hydrogen) atoms. The van der Waals surface area contributed by atoms with E-state index < -0.39 is 15.2 Å². The molecule has 0 spiro atoms. The van der Waals surface area contributed by atoms with Gasteiger partial charge in [-0.05, 0) is 11.2 Å². The molecule has 0 aromatic carbocycles. The summed E-state index contributed by atoms with van der Waals surface area (Å²) in [5.41, 5.74) is 0. The van der Waals surface area contributed by atoms with Crippen molar-refractivity contribution < 1.29 is 13.3 Å². The average molecular weight is 291 g/mol. The van der Waals surface area contributed by atoms with Gasteiger partial charge in [-0.2, -0.15) is 0 Å². The van der Waals surface area contributed by atoms with Gasteiger partial charge in [-0.15, -0.1) is 0 Å². The van der Waals surface area contributed by atoms with E-state index in [0.29, 0.717) is 0 Å². The van der Waals surface area contributed by atoms with Gasteiger partial charge in [0.1, 0.15) is 7.22 Å². The van der Waals surface area contributed by atoms with Gasteiger partial charge in [0.25, 0.3) is 0 Å². The third-order valence-electron chi connectivity index (χ3n) is 1.60. The van der Waals surface area contributed by atoms with Gasteiger partial charge in [0.05, 0.1) is 0 Å². The third kappa shape index (κ3) is 3.30. The molecule has 0 saturated carbocycles. The molecule has 0 bridgehead atoms. The zero-order valence-electron chi connectivity index (χ0n) is 9.45. The largest absolute Gasteiger partial charge is 0.572 e. The summed E-state index contributed by atoms with van der Waals surface area (Å²) in [6, 6.07) is 0. The highest BCUT2D eigenvalue weighted by atomic mass is 33.2. The Hall–Kier alpha value is 1.10. The van der Waals surface area contributed by atoms with Crippen molar-refractivity contribution in [2.24, 2.45) is 0 Å². The van der Waals surface area contributed by atoms with Crippen molar-refractivity contribution >= 4 is 43.6 Å². The molecule has 0 saturated heterocycles. The Labute approximate surface area is 97.6 Å². The number of rotatable bonds is 5. The van der Waals surface area contributed by atoms with Gasteiger partial charge in [0.2, 0.25) is 0 Å². The van der Waals surface area contributed by atoms with Gasteiger partial charge < -0.3 is 13.3 Å². The first-order chi connectivity index (χ1) is 6.37. The molecule has 0 fully saturated rings. The molecule has 0 aromatic rings. The Morgan fingerprint density at radius 3 is 1.43 bits per heavy atom. The van der Waals surface area contributed by atoms with E-state index in [2.05, 4.69) is 19.6 Å². The van der Waals surface area contributed by atoms with Crippen molar-refractivity contribution in [1.82, 2.24) is 0 Å². The predicted octanol–water partition coefficient (Wildman–Crippen LogP) is 1.27. The van der Waals surface area contributed by atoms with E-state index in [-0.39, 0.29) is 8.35 Å². The first kappa shape index (κ1) is 15.1. The van der Waals surface area contributed by atoms with Crippen LogP contribution in [0.2, 0.25) is 19.6 Å². The lowest BCUT2D eigenvalue weighted by Gasteiger charge is -2.32. The summed E-state index contributed by atoms with van der Waals surface area (Å²) in [6.07, 6.45) is 0. The Kier molecular flexibility index (Phi) is 6.46. The van der Waals surface area contributed by atoms with Crippen LogP contribution in [0.5, 0.6) is 0 Å². The first-order valence-corrected chi connectivity index (χ1v) is 14.2. The summed E-state index contributed by atoms with van der Waals surface area (Å²) in [5, 5.41) is 0. The molecule has 1 unspecified atom stereocenters. The number of hydrogen-bond acceptors (Lipinski definition) is 4. The molecule has 0 aliphatic rings. The minimum absolute atomic E-state index is 0.103. The Bertz CT molecular complexity index is 235. The maximum atomic E-state index is 5.47. The van der Waals surface area contributed by atoms with Crippen LogP contribution in [-0.4, -0.2) is 36.5 Å². The van der Waals surface area contributed by atoms with Gasteiger partial charge in [-0.1, -0.05) is 36.9 Å². The van der Waals surface area contributed by atoms with Crippen LogP contribution < -0.4 is 0 Å². The van der Waals surface area contributed by atoms with Crippen molar-refractivity contribution in [2.45, 2.75) is 19.6 Å². The van der Waals surface area contributed by atoms with Crippen LogP contribution in [0, 0.1) is 0 Å². The third-order valence-corrected chi connectivity index (χ3v) is 30.4. The smallest absolute Gasteiger partial charge is 0.369 e. The van der Waals surface area contributed by atoms with Crippen LogP contribution in [-0.2, 0) is 41.7 Å². The second-order valence-electron chi connectivity index (χ2n) is 3.56. The maximum absolute atomic E-state index is 5.47. The van der Waals surface area contributed by atoms with Gasteiger partial charge in [-0.25, -0.2) is 0 Å². The molecule has 3 nitrogen and oxygen atoms in total.